The van der Waals surface area contributed by atoms with Crippen molar-refractivity contribution in [2.45, 2.75) is 32.3 Å². The van der Waals surface area contributed by atoms with E-state index in [4.69, 9.17) is 9.15 Å². The van der Waals surface area contributed by atoms with Gasteiger partial charge in [0.2, 0.25) is 5.89 Å². The summed E-state index contributed by atoms with van der Waals surface area (Å²) in [5.41, 5.74) is 3.60. The molecule has 0 radical (unpaired) electrons. The summed E-state index contributed by atoms with van der Waals surface area (Å²) < 4.78 is 27.0. The van der Waals surface area contributed by atoms with Crippen LogP contribution in [0.1, 0.15) is 40.5 Å². The first-order valence-corrected chi connectivity index (χ1v) is 11.0. The third kappa shape index (κ3) is 4.08. The lowest BCUT2D eigenvalue weighted by Crippen LogP contribution is -2.10. The molecular formula is C23H18BrFN4O3. The minimum atomic E-state index is -0.549. The molecule has 2 heterocycles. The van der Waals surface area contributed by atoms with Crippen molar-refractivity contribution < 1.29 is 18.3 Å². The van der Waals surface area contributed by atoms with E-state index in [1.807, 2.05) is 24.3 Å². The van der Waals surface area contributed by atoms with Crippen LogP contribution in [0.3, 0.4) is 0 Å². The number of esters is 1. The zero-order valence-corrected chi connectivity index (χ0v) is 18.5. The average Bonchev–Trinajstić information content (AvgIpc) is 3.44. The number of aromatic nitrogens is 4. The molecule has 1 aliphatic carbocycles. The highest BCUT2D eigenvalue weighted by Crippen LogP contribution is 2.28. The van der Waals surface area contributed by atoms with Gasteiger partial charge in [0.25, 0.3) is 5.89 Å². The summed E-state index contributed by atoms with van der Waals surface area (Å²) in [7, 11) is 0. The van der Waals surface area contributed by atoms with Crippen LogP contribution in [-0.2, 0) is 24.2 Å². The van der Waals surface area contributed by atoms with E-state index in [0.717, 1.165) is 47.0 Å². The molecule has 0 saturated heterocycles. The maximum Gasteiger partial charge on any atom is 0.359 e. The summed E-state index contributed by atoms with van der Waals surface area (Å²) in [5.74, 6) is -0.325. The van der Waals surface area contributed by atoms with Crippen LogP contribution in [0.15, 0.2) is 57.4 Å². The van der Waals surface area contributed by atoms with Crippen molar-refractivity contribution >= 4 is 21.9 Å². The van der Waals surface area contributed by atoms with Crippen LogP contribution in [0.5, 0.6) is 0 Å². The molecule has 0 atom stereocenters. The van der Waals surface area contributed by atoms with Gasteiger partial charge in [-0.25, -0.2) is 13.9 Å². The van der Waals surface area contributed by atoms with Crippen LogP contribution in [0, 0.1) is 5.82 Å². The second-order valence-corrected chi connectivity index (χ2v) is 8.37. The van der Waals surface area contributed by atoms with E-state index in [0.29, 0.717) is 11.6 Å². The van der Waals surface area contributed by atoms with Crippen LogP contribution >= 0.6 is 15.9 Å². The molecule has 4 aromatic rings. The molecule has 0 aliphatic heterocycles. The molecule has 1 aliphatic rings. The van der Waals surface area contributed by atoms with Crippen molar-refractivity contribution in [3.8, 4) is 17.1 Å². The zero-order valence-electron chi connectivity index (χ0n) is 16.9. The van der Waals surface area contributed by atoms with E-state index in [1.54, 1.807) is 16.8 Å². The van der Waals surface area contributed by atoms with Crippen molar-refractivity contribution in [3.63, 3.8) is 0 Å². The highest BCUT2D eigenvalue weighted by Gasteiger charge is 2.27. The van der Waals surface area contributed by atoms with Gasteiger partial charge in [-0.05, 0) is 74.2 Å². The first-order chi connectivity index (χ1) is 15.6. The molecule has 0 bridgehead atoms. The minimum Gasteiger partial charge on any atom is -0.451 e. The summed E-state index contributed by atoms with van der Waals surface area (Å²) in [5, 5.41) is 12.5. The highest BCUT2D eigenvalue weighted by atomic mass is 79.9. The van der Waals surface area contributed by atoms with Gasteiger partial charge in [0.1, 0.15) is 5.82 Å². The first-order valence-electron chi connectivity index (χ1n) is 10.2. The molecule has 0 fully saturated rings. The number of halogens is 2. The largest absolute Gasteiger partial charge is 0.451 e. The summed E-state index contributed by atoms with van der Waals surface area (Å²) in [6.07, 6.45) is 3.53. The topological polar surface area (TPSA) is 83.0 Å². The SMILES string of the molecule is O=C(OCc1nnc(-c2ccc(Br)cc2)o1)c1nn(-c2ccc(F)cc2)c2c1CCCC2. The summed E-state index contributed by atoms with van der Waals surface area (Å²) in [4.78, 5) is 12.8. The Kier molecular flexibility index (Phi) is 5.57. The monoisotopic (exact) mass is 496 g/mol. The third-order valence-electron chi connectivity index (χ3n) is 5.33. The van der Waals surface area contributed by atoms with Gasteiger partial charge in [0.15, 0.2) is 12.3 Å². The Hall–Kier alpha value is -3.33. The number of fused-ring (bicyclic) bond motifs is 1. The maximum absolute atomic E-state index is 13.3. The molecule has 2 aromatic carbocycles. The molecule has 9 heteroatoms. The lowest BCUT2D eigenvalue weighted by molar-refractivity contribution is 0.0430. The third-order valence-corrected chi connectivity index (χ3v) is 5.86. The van der Waals surface area contributed by atoms with Crippen LogP contribution in [0.25, 0.3) is 17.1 Å². The Morgan fingerprint density at radius 1 is 1.06 bits per heavy atom. The average molecular weight is 497 g/mol. The van der Waals surface area contributed by atoms with E-state index in [-0.39, 0.29) is 24.0 Å². The molecule has 7 nitrogen and oxygen atoms in total. The summed E-state index contributed by atoms with van der Waals surface area (Å²) >= 11 is 3.38. The van der Waals surface area contributed by atoms with Gasteiger partial charge in [0.05, 0.1) is 5.69 Å². The number of hydrogen-bond acceptors (Lipinski definition) is 6. The van der Waals surface area contributed by atoms with Gasteiger partial charge < -0.3 is 9.15 Å². The second-order valence-electron chi connectivity index (χ2n) is 7.45. The molecule has 0 unspecified atom stereocenters. The van der Waals surface area contributed by atoms with Crippen molar-refractivity contribution in [3.05, 3.63) is 81.7 Å². The fourth-order valence-corrected chi connectivity index (χ4v) is 4.04. The molecule has 0 saturated carbocycles. The van der Waals surface area contributed by atoms with E-state index < -0.39 is 5.97 Å². The number of carbonyl (C=O) groups is 1. The Morgan fingerprint density at radius 2 is 1.81 bits per heavy atom. The van der Waals surface area contributed by atoms with Gasteiger partial charge in [-0.2, -0.15) is 5.10 Å². The van der Waals surface area contributed by atoms with Crippen molar-refractivity contribution in [1.29, 1.82) is 0 Å². The van der Waals surface area contributed by atoms with E-state index in [2.05, 4.69) is 31.2 Å². The summed E-state index contributed by atoms with van der Waals surface area (Å²) in [6.45, 7) is -0.152. The van der Waals surface area contributed by atoms with Gasteiger partial charge in [-0.1, -0.05) is 15.9 Å². The molecule has 0 spiro atoms. The van der Waals surface area contributed by atoms with Gasteiger partial charge >= 0.3 is 5.97 Å². The number of benzene rings is 2. The molecular weight excluding hydrogens is 479 g/mol. The van der Waals surface area contributed by atoms with Crippen molar-refractivity contribution in [2.24, 2.45) is 0 Å². The number of rotatable bonds is 5. The number of hydrogen-bond donors (Lipinski definition) is 0. The second kappa shape index (κ2) is 8.66. The lowest BCUT2D eigenvalue weighted by atomic mass is 9.95. The fourth-order valence-electron chi connectivity index (χ4n) is 3.78. The molecule has 5 rings (SSSR count). The van der Waals surface area contributed by atoms with Gasteiger partial charge in [-0.15, -0.1) is 10.2 Å². The standard InChI is InChI=1S/C23H18BrFN4O3/c24-15-7-5-14(6-8-15)22-27-26-20(32-22)13-31-23(30)21-18-3-1-2-4-19(18)29(28-21)17-11-9-16(25)10-12-17/h5-12H,1-4,13H2. The predicted octanol–water partition coefficient (Wildman–Crippen LogP) is 5.06. The van der Waals surface area contributed by atoms with E-state index >= 15 is 0 Å². The number of ether oxygens (including phenoxy) is 1. The molecule has 2 aromatic heterocycles. The highest BCUT2D eigenvalue weighted by molar-refractivity contribution is 9.10. The number of nitrogens with zero attached hydrogens (tertiary/aromatic N) is 4. The number of carbonyl (C=O) groups excluding carboxylic acids is 1. The van der Waals surface area contributed by atoms with Crippen molar-refractivity contribution in [1.82, 2.24) is 20.0 Å². The van der Waals surface area contributed by atoms with E-state index in [9.17, 15) is 9.18 Å². The Morgan fingerprint density at radius 3 is 2.59 bits per heavy atom. The lowest BCUT2D eigenvalue weighted by Gasteiger charge is -2.14. The van der Waals surface area contributed by atoms with E-state index in [1.165, 1.54) is 12.1 Å². The van der Waals surface area contributed by atoms with Crippen LogP contribution in [0.2, 0.25) is 0 Å². The van der Waals surface area contributed by atoms with Gasteiger partial charge in [0, 0.05) is 21.3 Å². The maximum atomic E-state index is 13.3. The fraction of sp³-hybridized carbons (Fsp3) is 0.217. The van der Waals surface area contributed by atoms with Crippen LogP contribution in [0.4, 0.5) is 4.39 Å². The molecule has 162 valence electrons. The quantitative estimate of drug-likeness (QED) is 0.359. The van der Waals surface area contributed by atoms with Gasteiger partial charge in [-0.3, -0.25) is 0 Å². The summed E-state index contributed by atoms with van der Waals surface area (Å²) in [6, 6.07) is 13.5. The Balaban J connectivity index is 1.35. The molecule has 0 N–H and O–H groups in total. The smallest absolute Gasteiger partial charge is 0.359 e. The normalized spacial score (nSPS) is 13.1. The Labute approximate surface area is 191 Å². The van der Waals surface area contributed by atoms with Crippen LogP contribution < -0.4 is 0 Å². The molecule has 0 amide bonds. The van der Waals surface area contributed by atoms with Crippen molar-refractivity contribution in [2.75, 3.05) is 0 Å². The predicted molar refractivity (Wildman–Crippen MR) is 117 cm³/mol. The minimum absolute atomic E-state index is 0.152. The first kappa shape index (κ1) is 20.6. The Bertz CT molecular complexity index is 1270. The van der Waals surface area contributed by atoms with Crippen LogP contribution in [-0.4, -0.2) is 25.9 Å². The molecule has 32 heavy (non-hydrogen) atoms. The zero-order chi connectivity index (χ0) is 22.1.